The van der Waals surface area contributed by atoms with Gasteiger partial charge in [-0.25, -0.2) is 0 Å². The Hall–Kier alpha value is -0.260. The summed E-state index contributed by atoms with van der Waals surface area (Å²) < 4.78 is 0. The first-order valence-corrected chi connectivity index (χ1v) is 2.02. The average molecular weight is 155 g/mol. The zero-order valence-corrected chi connectivity index (χ0v) is 8.08. The van der Waals surface area contributed by atoms with Gasteiger partial charge in [0.05, 0.1) is 0 Å². The van der Waals surface area contributed by atoms with Crippen molar-refractivity contribution < 1.29 is 39.1 Å². The van der Waals surface area contributed by atoms with E-state index in [-0.39, 0.29) is 41.1 Å². The third kappa shape index (κ3) is 25.1. The number of carbonyl (C=O) groups is 2. The fourth-order valence-corrected chi connectivity index (χ4v) is 0. The van der Waals surface area contributed by atoms with Crippen molar-refractivity contribution in [1.29, 1.82) is 0 Å². The predicted octanol–water partition coefficient (Wildman–Crippen LogP) is -2.58. The van der Waals surface area contributed by atoms with E-state index in [0.717, 1.165) is 5.34 Å². The van der Waals surface area contributed by atoms with Gasteiger partial charge in [-0.15, -0.1) is 5.34 Å². The maximum Gasteiger partial charge on any atom is 1.00 e. The Bertz CT molecular complexity index is 112. The van der Waals surface area contributed by atoms with Gasteiger partial charge in [0.15, 0.2) is 11.6 Å². The van der Waals surface area contributed by atoms with Crippen molar-refractivity contribution in [3.8, 4) is 0 Å². The summed E-state index contributed by atoms with van der Waals surface area (Å²) in [4.78, 5) is 27.6. The Morgan fingerprint density at radius 2 is 1.30 bits per heavy atom. The normalized spacial score (nSPS) is 5.80. The molecule has 10 heavy (non-hydrogen) atoms. The van der Waals surface area contributed by atoms with Crippen molar-refractivity contribution in [2.24, 2.45) is 5.34 Å². The second-order valence-corrected chi connectivity index (χ2v) is 1.19. The summed E-state index contributed by atoms with van der Waals surface area (Å²) in [5, 5.41) is 9.00. The molecule has 0 bridgehead atoms. The molecule has 0 aromatic rings. The molecule has 0 saturated carbocycles. The first-order valence-electron chi connectivity index (χ1n) is 2.02. The molecule has 0 unspecified atom stereocenters. The molecule has 0 N–H and O–H groups in total. The van der Waals surface area contributed by atoms with Crippen LogP contribution in [0, 0.1) is 10.1 Å². The molecule has 0 aliphatic carbocycles. The minimum atomic E-state index is -0.380. The van der Waals surface area contributed by atoms with Crippen LogP contribution in [0.3, 0.4) is 0 Å². The van der Waals surface area contributed by atoms with Gasteiger partial charge in [-0.3, -0.25) is 9.59 Å². The Morgan fingerprint density at radius 3 is 1.30 bits per heavy atom. The summed E-state index contributed by atoms with van der Waals surface area (Å²) in [5.74, 6) is -0.759. The molecule has 0 rings (SSSR count). The summed E-state index contributed by atoms with van der Waals surface area (Å²) in [6, 6.07) is 0. The van der Waals surface area contributed by atoms with Gasteiger partial charge in [0.25, 0.3) is 0 Å². The van der Waals surface area contributed by atoms with Crippen LogP contribution in [0.5, 0.6) is 0 Å². The molecule has 0 aliphatic rings. The molecule has 0 fully saturated rings. The second kappa shape index (κ2) is 11.5. The van der Waals surface area contributed by atoms with Gasteiger partial charge in [0, 0.05) is 13.8 Å². The van der Waals surface area contributed by atoms with Crippen LogP contribution in [-0.4, -0.2) is 11.6 Å². The fourth-order valence-electron chi connectivity index (χ4n) is 0. The fraction of sp³-hybridized carbons (Fsp3) is 0.500. The molecular weight excluding hydrogens is 149 g/mol. The van der Waals surface area contributed by atoms with Crippen LogP contribution in [0.1, 0.15) is 13.8 Å². The topological polar surface area (TPSA) is 86.6 Å². The summed E-state index contributed by atoms with van der Waals surface area (Å²) >= 11 is 0. The molecular formula is C4H6NNaO4. The quantitative estimate of drug-likeness (QED) is 0.180. The van der Waals surface area contributed by atoms with Crippen LogP contribution < -0.4 is 29.6 Å². The van der Waals surface area contributed by atoms with Gasteiger partial charge in [0.2, 0.25) is 0 Å². The third-order valence-corrected chi connectivity index (χ3v) is 0.496. The summed E-state index contributed by atoms with van der Waals surface area (Å²) in [7, 11) is 0. The van der Waals surface area contributed by atoms with E-state index < -0.39 is 0 Å². The Kier molecular flexibility index (Phi) is 18.9. The van der Waals surface area contributed by atoms with Crippen molar-refractivity contribution in [2.75, 3.05) is 0 Å². The molecule has 0 radical (unpaired) electrons. The molecule has 0 atom stereocenters. The molecule has 0 aromatic heterocycles. The monoisotopic (exact) mass is 155 g/mol. The predicted molar refractivity (Wildman–Crippen MR) is 30.5 cm³/mol. The molecule has 0 aliphatic heterocycles. The smallest absolute Gasteiger partial charge is 0.444 e. The molecule has 0 aromatic carbocycles. The summed E-state index contributed by atoms with van der Waals surface area (Å²) in [6.07, 6.45) is 0. The molecule has 52 valence electrons. The van der Waals surface area contributed by atoms with Gasteiger partial charge in [0.1, 0.15) is 0 Å². The molecule has 0 amide bonds. The minimum absolute atomic E-state index is 0. The Morgan fingerprint density at radius 1 is 1.20 bits per heavy atom. The molecule has 0 spiro atoms. The van der Waals surface area contributed by atoms with E-state index in [2.05, 4.69) is 0 Å². The number of carbonyl (C=O) groups excluding carboxylic acids is 2. The molecule has 0 heterocycles. The molecule has 6 heteroatoms. The molecule has 5 nitrogen and oxygen atoms in total. The maximum atomic E-state index is 9.79. The van der Waals surface area contributed by atoms with Gasteiger partial charge in [-0.05, 0) is 0 Å². The maximum absolute atomic E-state index is 9.79. The van der Waals surface area contributed by atoms with E-state index in [1.165, 1.54) is 13.8 Å². The van der Waals surface area contributed by atoms with Gasteiger partial charge in [-0.1, -0.05) is 0 Å². The van der Waals surface area contributed by atoms with Crippen LogP contribution in [0.2, 0.25) is 0 Å². The van der Waals surface area contributed by atoms with E-state index in [1.54, 1.807) is 0 Å². The van der Waals surface area contributed by atoms with E-state index in [1.807, 2.05) is 0 Å². The standard InChI is InChI=1S/C4H6O2.HNO2.Na/c1-3(5)4(2)6;2-1-3;/h1-2H3;(H,2,3);/q;;+1/p-1. The number of Topliss-reactive ketones (excluding diaryl/α,β-unsaturated/α-hetero) is 2. The van der Waals surface area contributed by atoms with Crippen LogP contribution in [0.4, 0.5) is 0 Å². The number of rotatable bonds is 1. The van der Waals surface area contributed by atoms with Crippen LogP contribution in [-0.2, 0) is 9.59 Å². The first kappa shape index (κ1) is 16.4. The zero-order chi connectivity index (χ0) is 7.86. The van der Waals surface area contributed by atoms with Crippen molar-refractivity contribution in [1.82, 2.24) is 0 Å². The number of hydrogen-bond donors (Lipinski definition) is 0. The first-order chi connectivity index (χ1) is 4.06. The average Bonchev–Trinajstić information content (AvgIpc) is 1.68. The summed E-state index contributed by atoms with van der Waals surface area (Å²) in [5.41, 5.74) is 0. The van der Waals surface area contributed by atoms with Crippen LogP contribution >= 0.6 is 0 Å². The summed E-state index contributed by atoms with van der Waals surface area (Å²) in [6.45, 7) is 2.50. The number of hydrogen-bond acceptors (Lipinski definition) is 5. The Labute approximate surface area is 80.0 Å². The number of nitrogens with zero attached hydrogens (tertiary/aromatic N) is 1. The zero-order valence-electron chi connectivity index (χ0n) is 6.08. The Balaban J connectivity index is -0.000000107. The number of ketones is 2. The second-order valence-electron chi connectivity index (χ2n) is 1.19. The van der Waals surface area contributed by atoms with Crippen molar-refractivity contribution in [3.63, 3.8) is 0 Å². The van der Waals surface area contributed by atoms with Gasteiger partial charge < -0.3 is 10.1 Å². The third-order valence-electron chi connectivity index (χ3n) is 0.496. The van der Waals surface area contributed by atoms with E-state index in [0.29, 0.717) is 0 Å². The van der Waals surface area contributed by atoms with E-state index >= 15 is 0 Å². The van der Waals surface area contributed by atoms with Gasteiger partial charge in [-0.2, -0.15) is 0 Å². The van der Waals surface area contributed by atoms with Crippen molar-refractivity contribution in [3.05, 3.63) is 10.1 Å². The van der Waals surface area contributed by atoms with Crippen LogP contribution in [0.25, 0.3) is 0 Å². The minimum Gasteiger partial charge on any atom is -0.444 e. The van der Waals surface area contributed by atoms with Crippen molar-refractivity contribution in [2.45, 2.75) is 13.8 Å². The molecule has 0 saturated heterocycles. The van der Waals surface area contributed by atoms with E-state index in [9.17, 15) is 9.59 Å². The van der Waals surface area contributed by atoms with E-state index in [4.69, 9.17) is 10.1 Å². The largest absolute Gasteiger partial charge is 1.00 e. The van der Waals surface area contributed by atoms with Gasteiger partial charge >= 0.3 is 29.6 Å². The van der Waals surface area contributed by atoms with Crippen molar-refractivity contribution >= 4 is 11.6 Å². The SMILES string of the molecule is CC(=O)C(C)=O.O=N[O-].[Na+]. The van der Waals surface area contributed by atoms with Crippen LogP contribution in [0.15, 0.2) is 5.34 Å².